The Bertz CT molecular complexity index is 1470. The zero-order chi connectivity index (χ0) is 32.0. The zero-order valence-electron chi connectivity index (χ0n) is 26.4. The minimum Gasteiger partial charge on any atom is -0.498 e. The van der Waals surface area contributed by atoms with Crippen molar-refractivity contribution in [1.82, 2.24) is 4.90 Å². The molecule has 2 unspecified atom stereocenters. The molecule has 0 spiro atoms. The molecule has 2 aliphatic rings. The van der Waals surface area contributed by atoms with Crippen molar-refractivity contribution in [1.29, 1.82) is 0 Å². The minimum atomic E-state index is -1.75. The molecule has 0 aliphatic carbocycles. The smallest absolute Gasteiger partial charge is 0.118 e. The number of aromatic hydroxyl groups is 1. The van der Waals surface area contributed by atoms with Crippen molar-refractivity contribution in [3.8, 4) is 11.5 Å². The van der Waals surface area contributed by atoms with Crippen LogP contribution in [-0.4, -0.2) is 33.5 Å². The van der Waals surface area contributed by atoms with E-state index in [4.69, 9.17) is 24.1 Å². The van der Waals surface area contributed by atoms with Crippen molar-refractivity contribution in [2.75, 3.05) is 12.0 Å². The number of methoxy groups -OCH3 is 1. The van der Waals surface area contributed by atoms with Gasteiger partial charge in [0.2, 0.25) is 0 Å². The van der Waals surface area contributed by atoms with E-state index in [1.165, 1.54) is 16.8 Å². The van der Waals surface area contributed by atoms with Gasteiger partial charge < -0.3 is 14.5 Å². The van der Waals surface area contributed by atoms with E-state index in [1.54, 1.807) is 19.3 Å². The van der Waals surface area contributed by atoms with Gasteiger partial charge >= 0.3 is 97.8 Å². The number of rotatable bonds is 8. The van der Waals surface area contributed by atoms with Gasteiger partial charge in [0.25, 0.3) is 0 Å². The summed E-state index contributed by atoms with van der Waals surface area (Å²) < 4.78 is 26.6. The van der Waals surface area contributed by atoms with Crippen molar-refractivity contribution >= 4 is 29.7 Å². The molecular formula is C36H43Cl2FN2O2Ru. The quantitative estimate of drug-likeness (QED) is 0.132. The molecule has 1 N–H and O–H groups in total. The topological polar surface area (TPSA) is 28.5 Å². The number of ether oxygens (including phenoxy) is 2. The first-order valence-corrected chi connectivity index (χ1v) is 20.3. The Morgan fingerprint density at radius 3 is 2.11 bits per heavy atom. The Balaban J connectivity index is 0.000000265. The van der Waals surface area contributed by atoms with Gasteiger partial charge in [0.1, 0.15) is 5.75 Å². The van der Waals surface area contributed by atoms with E-state index in [9.17, 15) is 4.39 Å². The summed E-state index contributed by atoms with van der Waals surface area (Å²) in [5.41, 5.74) is 5.90. The third-order valence-electron chi connectivity index (χ3n) is 7.50. The number of benzene rings is 3. The molecule has 1 saturated heterocycles. The Morgan fingerprint density at radius 2 is 1.55 bits per heavy atom. The molecule has 1 fully saturated rings. The molecule has 0 bridgehead atoms. The van der Waals surface area contributed by atoms with Gasteiger partial charge in [0, 0.05) is 5.69 Å². The van der Waals surface area contributed by atoms with Crippen LogP contribution in [0.25, 0.3) is 0 Å². The number of para-hydroxylation sites is 2. The van der Waals surface area contributed by atoms with Gasteiger partial charge in [-0.3, -0.25) is 0 Å². The zero-order valence-corrected chi connectivity index (χ0v) is 29.6. The third kappa shape index (κ3) is 8.13. The molecule has 0 radical (unpaired) electrons. The summed E-state index contributed by atoms with van der Waals surface area (Å²) in [5.74, 6) is 2.37. The van der Waals surface area contributed by atoms with Gasteiger partial charge in [-0.05, 0) is 65.1 Å². The van der Waals surface area contributed by atoms with Crippen molar-refractivity contribution in [3.05, 3.63) is 120 Å². The SMILES string of the molecule is CC(C)[OH+]c1ccccc1[CH]=[Ru]([Cl])[Cl].COc1ccc(C2N(c3c(C(C)C)cccc3C(C)C)[CH-]C3C(F)=CC=CN32)cc1. The number of fused-ring (bicyclic) bond motifs is 1. The van der Waals surface area contributed by atoms with Gasteiger partial charge in [-0.15, -0.1) is 0 Å². The van der Waals surface area contributed by atoms with E-state index in [0.717, 1.165) is 22.6 Å². The van der Waals surface area contributed by atoms with Crippen molar-refractivity contribution in [3.63, 3.8) is 0 Å². The number of allylic oxidation sites excluding steroid dienone is 2. The predicted molar refractivity (Wildman–Crippen MR) is 181 cm³/mol. The fraction of sp³-hybridized carbons (Fsp3) is 0.333. The van der Waals surface area contributed by atoms with Crippen LogP contribution in [0.3, 0.4) is 0 Å². The molecule has 4 nitrogen and oxygen atoms in total. The Kier molecular flexibility index (Phi) is 12.1. The maximum Gasteiger partial charge on any atom is 0.118 e. The average Bonchev–Trinajstić information content (AvgIpc) is 3.38. The Hall–Kier alpha value is -2.66. The number of hydrogen-bond donors (Lipinski definition) is 0. The molecule has 238 valence electrons. The molecule has 44 heavy (non-hydrogen) atoms. The van der Waals surface area contributed by atoms with Gasteiger partial charge in [-0.1, -0.05) is 58.0 Å². The Labute approximate surface area is 275 Å². The predicted octanol–water partition coefficient (Wildman–Crippen LogP) is 10.1. The summed E-state index contributed by atoms with van der Waals surface area (Å²) in [6.45, 7) is 15.0. The fourth-order valence-electron chi connectivity index (χ4n) is 5.50. The van der Waals surface area contributed by atoms with Crippen LogP contribution in [0.2, 0.25) is 0 Å². The van der Waals surface area contributed by atoms with E-state index in [0.29, 0.717) is 11.8 Å². The molecule has 2 aliphatic heterocycles. The van der Waals surface area contributed by atoms with Gasteiger partial charge in [-0.2, -0.15) is 0 Å². The van der Waals surface area contributed by atoms with Crippen LogP contribution >= 0.6 is 19.4 Å². The number of aliphatic hydroxyl groups is 1. The average molecular weight is 727 g/mol. The normalized spacial score (nSPS) is 17.8. The summed E-state index contributed by atoms with van der Waals surface area (Å²) in [6, 6.07) is 22.1. The van der Waals surface area contributed by atoms with Crippen molar-refractivity contribution < 1.29 is 27.4 Å². The van der Waals surface area contributed by atoms with Crippen LogP contribution in [-0.2, 0) is 13.5 Å². The number of anilines is 1. The van der Waals surface area contributed by atoms with E-state index < -0.39 is 19.6 Å². The van der Waals surface area contributed by atoms with E-state index in [2.05, 4.69) is 72.6 Å². The molecule has 0 amide bonds. The van der Waals surface area contributed by atoms with Crippen LogP contribution in [0.5, 0.6) is 11.5 Å². The maximum atomic E-state index is 14.8. The molecule has 0 saturated carbocycles. The molecule has 0 aromatic heterocycles. The van der Waals surface area contributed by atoms with Crippen LogP contribution in [0.4, 0.5) is 10.1 Å². The molecular weight excluding hydrogens is 683 g/mol. The summed E-state index contributed by atoms with van der Waals surface area (Å²) >= 11 is -1.75. The Morgan fingerprint density at radius 1 is 0.909 bits per heavy atom. The largest absolute Gasteiger partial charge is 0.498 e. The number of hydrogen-bond acceptors (Lipinski definition) is 3. The van der Waals surface area contributed by atoms with Crippen LogP contribution < -0.4 is 9.64 Å². The first-order chi connectivity index (χ1) is 21.0. The summed E-state index contributed by atoms with van der Waals surface area (Å²) in [5, 5.41) is 0. The summed E-state index contributed by atoms with van der Waals surface area (Å²) in [4.78, 5) is 4.37. The van der Waals surface area contributed by atoms with Gasteiger partial charge in [0.05, 0.1) is 19.1 Å². The standard InChI is InChI=1S/C26H30FN2O.C10H12O.2ClH.Ru/c1-17(2)21-8-6-9-22(18(3)4)25(21)29-16-24-23(27)10-7-15-28(24)26(29)19-11-13-20(30-5)14-12-19;1-8(2)11-10-7-5-4-6-9(10)3;;;/h6-18,24,26H,1-5H3;3-8H,1-2H3;2*1H;/q-1;;;;+2/p-1. The third-order valence-corrected chi connectivity index (χ3v) is 9.33. The van der Waals surface area contributed by atoms with E-state index >= 15 is 0 Å². The van der Waals surface area contributed by atoms with Crippen LogP contribution in [0, 0.1) is 6.54 Å². The first kappa shape index (κ1) is 34.2. The maximum absolute atomic E-state index is 14.8. The first-order valence-electron chi connectivity index (χ1n) is 14.9. The van der Waals surface area contributed by atoms with E-state index in [-0.39, 0.29) is 18.1 Å². The second-order valence-electron chi connectivity index (χ2n) is 11.7. The molecule has 3 aromatic carbocycles. The summed E-state index contributed by atoms with van der Waals surface area (Å²) in [6.07, 6.45) is 5.50. The summed E-state index contributed by atoms with van der Waals surface area (Å²) in [7, 11) is 13.3. The number of nitrogens with zero attached hydrogens (tertiary/aromatic N) is 2. The molecule has 8 heteroatoms. The molecule has 2 atom stereocenters. The fourth-order valence-corrected chi connectivity index (χ4v) is 7.31. The molecule has 5 rings (SSSR count). The van der Waals surface area contributed by atoms with Crippen molar-refractivity contribution in [2.24, 2.45) is 0 Å². The van der Waals surface area contributed by atoms with Gasteiger partial charge in [-0.25, -0.2) is 10.9 Å². The van der Waals surface area contributed by atoms with Crippen LogP contribution in [0.15, 0.2) is 90.9 Å². The van der Waals surface area contributed by atoms with Gasteiger partial charge in [0.15, 0.2) is 0 Å². The molecule has 2 heterocycles. The van der Waals surface area contributed by atoms with E-state index in [1.807, 2.05) is 67.6 Å². The second-order valence-corrected chi connectivity index (χ2v) is 17.4. The second kappa shape index (κ2) is 15.6. The minimum absolute atomic E-state index is 0.131. The van der Waals surface area contributed by atoms with Crippen LogP contribution in [0.1, 0.15) is 81.8 Å². The van der Waals surface area contributed by atoms with Crippen molar-refractivity contribution in [2.45, 2.75) is 71.7 Å². The monoisotopic (exact) mass is 726 g/mol. The molecule has 3 aromatic rings. The number of halogens is 3.